The largest absolute Gasteiger partial charge is 0.329 e. The molecular weight excluding hydrogens is 238 g/mol. The van der Waals surface area contributed by atoms with Crippen molar-refractivity contribution in [3.63, 3.8) is 0 Å². The minimum Gasteiger partial charge on any atom is -0.329 e. The van der Waals surface area contributed by atoms with Crippen molar-refractivity contribution in [2.45, 2.75) is 19.8 Å². The van der Waals surface area contributed by atoms with Gasteiger partial charge in [0.25, 0.3) is 10.2 Å². The Bertz CT molecular complexity index is 440. The highest BCUT2D eigenvalue weighted by Gasteiger charge is 2.08. The zero-order valence-corrected chi connectivity index (χ0v) is 10.9. The highest BCUT2D eigenvalue weighted by molar-refractivity contribution is 7.90. The molecule has 0 aliphatic heterocycles. The molecule has 0 saturated carbocycles. The van der Waals surface area contributed by atoms with Crippen molar-refractivity contribution in [1.82, 2.24) is 4.72 Å². The van der Waals surface area contributed by atoms with E-state index in [1.54, 1.807) is 12.1 Å². The van der Waals surface area contributed by atoms with Gasteiger partial charge in [0, 0.05) is 18.8 Å². The van der Waals surface area contributed by atoms with Crippen LogP contribution < -0.4 is 15.2 Å². The summed E-state index contributed by atoms with van der Waals surface area (Å²) in [5.74, 6) is 0.427. The van der Waals surface area contributed by atoms with Gasteiger partial charge in [-0.2, -0.15) is 13.1 Å². The van der Waals surface area contributed by atoms with Gasteiger partial charge < -0.3 is 5.73 Å². The van der Waals surface area contributed by atoms with Gasteiger partial charge in [0.05, 0.1) is 0 Å². The number of hydrogen-bond donors (Lipinski definition) is 3. The fourth-order valence-corrected chi connectivity index (χ4v) is 2.23. The molecule has 0 amide bonds. The Morgan fingerprint density at radius 2 is 1.82 bits per heavy atom. The van der Waals surface area contributed by atoms with E-state index in [2.05, 4.69) is 23.3 Å². The van der Waals surface area contributed by atoms with Gasteiger partial charge in [0.1, 0.15) is 0 Å². The third kappa shape index (κ3) is 4.72. The molecule has 6 heteroatoms. The summed E-state index contributed by atoms with van der Waals surface area (Å²) in [5.41, 5.74) is 6.94. The molecule has 0 aliphatic rings. The maximum atomic E-state index is 11.5. The van der Waals surface area contributed by atoms with Crippen molar-refractivity contribution in [2.75, 3.05) is 17.8 Å². The van der Waals surface area contributed by atoms with Crippen molar-refractivity contribution < 1.29 is 8.42 Å². The molecule has 0 bridgehead atoms. The van der Waals surface area contributed by atoms with Gasteiger partial charge in [-0.05, 0) is 23.6 Å². The second-order valence-corrected chi connectivity index (χ2v) is 5.56. The topological polar surface area (TPSA) is 84.2 Å². The van der Waals surface area contributed by atoms with Crippen molar-refractivity contribution in [1.29, 1.82) is 0 Å². The Hall–Kier alpha value is -1.11. The molecule has 0 saturated heterocycles. The van der Waals surface area contributed by atoms with E-state index in [0.717, 1.165) is 0 Å². The first-order chi connectivity index (χ1) is 7.94. The summed E-state index contributed by atoms with van der Waals surface area (Å²) in [6.45, 7) is 4.66. The smallest absolute Gasteiger partial charge is 0.299 e. The summed E-state index contributed by atoms with van der Waals surface area (Å²) in [6, 6.07) is 7.31. The summed E-state index contributed by atoms with van der Waals surface area (Å²) in [4.78, 5) is 0. The van der Waals surface area contributed by atoms with E-state index in [9.17, 15) is 8.42 Å². The number of rotatable bonds is 6. The molecule has 0 spiro atoms. The molecule has 1 rings (SSSR count). The Balaban J connectivity index is 2.69. The van der Waals surface area contributed by atoms with Crippen LogP contribution in [-0.2, 0) is 10.2 Å². The van der Waals surface area contributed by atoms with E-state index in [1.807, 2.05) is 12.1 Å². The summed E-state index contributed by atoms with van der Waals surface area (Å²) in [5, 5.41) is 0. The van der Waals surface area contributed by atoms with E-state index >= 15 is 0 Å². The SMILES string of the molecule is CC(C)c1ccc(NS(=O)(=O)NCCN)cc1. The van der Waals surface area contributed by atoms with Crippen molar-refractivity contribution in [3.8, 4) is 0 Å². The minimum atomic E-state index is -3.51. The summed E-state index contributed by atoms with van der Waals surface area (Å²) < 4.78 is 27.8. The normalized spacial score (nSPS) is 11.8. The Labute approximate surface area is 103 Å². The lowest BCUT2D eigenvalue weighted by Gasteiger charge is -2.10. The monoisotopic (exact) mass is 257 g/mol. The zero-order chi connectivity index (χ0) is 12.9. The van der Waals surface area contributed by atoms with Crippen molar-refractivity contribution >= 4 is 15.9 Å². The molecule has 96 valence electrons. The molecule has 0 radical (unpaired) electrons. The summed E-state index contributed by atoms with van der Waals surface area (Å²) in [7, 11) is -3.51. The Kier molecular flexibility index (Phi) is 4.92. The van der Waals surface area contributed by atoms with Crippen LogP contribution in [0.3, 0.4) is 0 Å². The van der Waals surface area contributed by atoms with Crippen molar-refractivity contribution in [3.05, 3.63) is 29.8 Å². The van der Waals surface area contributed by atoms with Crippen LogP contribution in [0.4, 0.5) is 5.69 Å². The molecule has 0 fully saturated rings. The molecule has 0 heterocycles. The highest BCUT2D eigenvalue weighted by Crippen LogP contribution is 2.17. The van der Waals surface area contributed by atoms with Gasteiger partial charge in [-0.15, -0.1) is 0 Å². The van der Waals surface area contributed by atoms with E-state index in [0.29, 0.717) is 11.6 Å². The van der Waals surface area contributed by atoms with Gasteiger partial charge in [0.15, 0.2) is 0 Å². The number of hydrogen-bond acceptors (Lipinski definition) is 3. The Morgan fingerprint density at radius 1 is 1.24 bits per heavy atom. The van der Waals surface area contributed by atoms with E-state index in [1.165, 1.54) is 5.56 Å². The lowest BCUT2D eigenvalue weighted by molar-refractivity contribution is 0.587. The molecule has 0 unspecified atom stereocenters. The zero-order valence-electron chi connectivity index (χ0n) is 10.1. The van der Waals surface area contributed by atoms with Crippen LogP contribution in [0, 0.1) is 0 Å². The predicted octanol–water partition coefficient (Wildman–Crippen LogP) is 1.02. The van der Waals surface area contributed by atoms with Crippen LogP contribution in [0.15, 0.2) is 24.3 Å². The summed E-state index contributed by atoms with van der Waals surface area (Å²) >= 11 is 0. The number of benzene rings is 1. The van der Waals surface area contributed by atoms with Crippen LogP contribution in [-0.4, -0.2) is 21.5 Å². The molecule has 1 aromatic carbocycles. The molecular formula is C11H19N3O2S. The quantitative estimate of drug-likeness (QED) is 0.711. The molecule has 0 aromatic heterocycles. The number of nitrogens with one attached hydrogen (secondary N) is 2. The van der Waals surface area contributed by atoms with Crippen LogP contribution in [0.5, 0.6) is 0 Å². The lowest BCUT2D eigenvalue weighted by Crippen LogP contribution is -2.33. The first-order valence-electron chi connectivity index (χ1n) is 5.52. The Morgan fingerprint density at radius 3 is 2.29 bits per heavy atom. The average Bonchev–Trinajstić information content (AvgIpc) is 2.26. The van der Waals surface area contributed by atoms with Crippen LogP contribution in [0.2, 0.25) is 0 Å². The summed E-state index contributed by atoms with van der Waals surface area (Å²) in [6.07, 6.45) is 0. The van der Waals surface area contributed by atoms with Gasteiger partial charge >= 0.3 is 0 Å². The second-order valence-electron chi connectivity index (χ2n) is 4.07. The molecule has 17 heavy (non-hydrogen) atoms. The third-order valence-corrected chi connectivity index (χ3v) is 3.35. The molecule has 0 aliphatic carbocycles. The van der Waals surface area contributed by atoms with Gasteiger partial charge in [-0.1, -0.05) is 26.0 Å². The first-order valence-corrected chi connectivity index (χ1v) is 7.00. The van der Waals surface area contributed by atoms with Crippen LogP contribution in [0.25, 0.3) is 0 Å². The molecule has 1 aromatic rings. The standard InChI is InChI=1S/C11H19N3O2S/c1-9(2)10-3-5-11(6-4-10)14-17(15,16)13-8-7-12/h3-6,9,13-14H,7-8,12H2,1-2H3. The maximum Gasteiger partial charge on any atom is 0.299 e. The van der Waals surface area contributed by atoms with E-state index < -0.39 is 10.2 Å². The number of anilines is 1. The van der Waals surface area contributed by atoms with E-state index in [-0.39, 0.29) is 13.1 Å². The van der Waals surface area contributed by atoms with Crippen LogP contribution in [0.1, 0.15) is 25.3 Å². The highest BCUT2D eigenvalue weighted by atomic mass is 32.2. The third-order valence-electron chi connectivity index (χ3n) is 2.27. The minimum absolute atomic E-state index is 0.222. The fraction of sp³-hybridized carbons (Fsp3) is 0.455. The molecule has 5 nitrogen and oxygen atoms in total. The van der Waals surface area contributed by atoms with Crippen LogP contribution >= 0.6 is 0 Å². The lowest BCUT2D eigenvalue weighted by atomic mass is 10.0. The predicted molar refractivity (Wildman–Crippen MR) is 70.1 cm³/mol. The molecule has 0 atom stereocenters. The molecule has 4 N–H and O–H groups in total. The average molecular weight is 257 g/mol. The second kappa shape index (κ2) is 6.00. The van der Waals surface area contributed by atoms with Gasteiger partial charge in [-0.3, -0.25) is 4.72 Å². The van der Waals surface area contributed by atoms with Gasteiger partial charge in [0.2, 0.25) is 0 Å². The first kappa shape index (κ1) is 14.0. The maximum absolute atomic E-state index is 11.5. The van der Waals surface area contributed by atoms with E-state index in [4.69, 9.17) is 5.73 Å². The number of nitrogens with two attached hydrogens (primary N) is 1. The van der Waals surface area contributed by atoms with Crippen molar-refractivity contribution in [2.24, 2.45) is 5.73 Å². The fourth-order valence-electron chi connectivity index (χ4n) is 1.32. The van der Waals surface area contributed by atoms with Gasteiger partial charge in [-0.25, -0.2) is 0 Å².